The number of nitrogens with zero attached hydrogens (tertiary/aromatic N) is 2. The number of aromatic hydroxyl groups is 1. The number of ether oxygens (including phenoxy) is 5. The van der Waals surface area contributed by atoms with E-state index in [0.29, 0.717) is 60.6 Å². The van der Waals surface area contributed by atoms with Gasteiger partial charge in [-0.05, 0) is 73.8 Å². The molecule has 4 aromatic rings. The average Bonchev–Trinajstić information content (AvgIpc) is 3.61. The Kier molecular flexibility index (Phi) is 12.5. The second-order valence-corrected chi connectivity index (χ2v) is 14.1. The number of hydrogen-bond acceptors (Lipinski definition) is 11. The van der Waals surface area contributed by atoms with Gasteiger partial charge in [0.1, 0.15) is 38.6 Å². The second kappa shape index (κ2) is 16.8. The van der Waals surface area contributed by atoms with Crippen molar-refractivity contribution in [2.75, 3.05) is 45.9 Å². The number of thiophene rings is 1. The first-order valence-electron chi connectivity index (χ1n) is 16.1. The topological polar surface area (TPSA) is 151 Å². The molecule has 1 amide bonds. The van der Waals surface area contributed by atoms with Crippen LogP contribution in [0, 0.1) is 5.92 Å². The van der Waals surface area contributed by atoms with Crippen molar-refractivity contribution in [1.82, 2.24) is 4.90 Å². The average molecular weight is 761 g/mol. The Balaban J connectivity index is 0.00000504. The molecule has 5 heterocycles. The third-order valence-corrected chi connectivity index (χ3v) is 10.9. The maximum absolute atomic E-state index is 13.8. The summed E-state index contributed by atoms with van der Waals surface area (Å²) in [5, 5.41) is 11.6. The van der Waals surface area contributed by atoms with E-state index >= 15 is 0 Å². The van der Waals surface area contributed by atoms with Gasteiger partial charge in [-0.2, -0.15) is 0 Å². The zero-order valence-corrected chi connectivity index (χ0v) is 30.6. The Morgan fingerprint density at radius 1 is 0.980 bits per heavy atom. The van der Waals surface area contributed by atoms with Crippen molar-refractivity contribution in [3.05, 3.63) is 91.9 Å². The zero-order valence-electron chi connectivity index (χ0n) is 28.3. The SMILES string of the molecule is COc1ccc(O)c(N(Cc2ccc(C(=O)O[C@@H](Cc3c(Cl)c[nH+]cc3Cl)c3ccc(OC)c(OC)c3)s2)C(=O)O[C@H]2CN3CCC2CC3)c1.[OH-]. The summed E-state index contributed by atoms with van der Waals surface area (Å²) in [4.78, 5) is 35.1. The van der Waals surface area contributed by atoms with Gasteiger partial charge in [-0.3, -0.25) is 9.80 Å². The quantitative estimate of drug-likeness (QED) is 0.153. The maximum Gasteiger partial charge on any atom is 0.415 e. The van der Waals surface area contributed by atoms with Crippen molar-refractivity contribution in [3.63, 3.8) is 0 Å². The lowest BCUT2D eigenvalue weighted by atomic mass is 9.86. The number of carbonyl (C=O) groups excluding carboxylic acids is 2. The molecule has 3 aliphatic heterocycles. The van der Waals surface area contributed by atoms with Gasteiger partial charge in [-0.1, -0.05) is 29.3 Å². The number of phenols is 1. The van der Waals surface area contributed by atoms with Gasteiger partial charge in [-0.15, -0.1) is 11.3 Å². The third-order valence-electron chi connectivity index (χ3n) is 9.13. The number of aromatic amines is 1. The van der Waals surface area contributed by atoms with Crippen molar-refractivity contribution in [1.29, 1.82) is 0 Å². The molecule has 2 bridgehead atoms. The predicted molar refractivity (Wildman–Crippen MR) is 191 cm³/mol. The normalized spacial score (nSPS) is 18.3. The number of halogens is 2. The fraction of sp³-hybridized carbons (Fsp3) is 0.361. The summed E-state index contributed by atoms with van der Waals surface area (Å²) < 4.78 is 28.5. The predicted octanol–water partition coefficient (Wildman–Crippen LogP) is 6.80. The van der Waals surface area contributed by atoms with E-state index in [9.17, 15) is 14.7 Å². The highest BCUT2D eigenvalue weighted by molar-refractivity contribution is 7.14. The largest absolute Gasteiger partial charge is 0.870 e. The summed E-state index contributed by atoms with van der Waals surface area (Å²) in [5.41, 5.74) is 1.47. The number of piperidine rings is 3. The van der Waals surface area contributed by atoms with E-state index in [1.165, 1.54) is 43.6 Å². The number of pyridine rings is 1. The first-order chi connectivity index (χ1) is 24.2. The number of esters is 1. The van der Waals surface area contributed by atoms with Crippen LogP contribution in [0.5, 0.6) is 23.0 Å². The number of carbonyl (C=O) groups is 2. The molecule has 3 fully saturated rings. The number of methoxy groups -OCH3 is 3. The van der Waals surface area contributed by atoms with Crippen LogP contribution in [-0.2, 0) is 22.4 Å². The van der Waals surface area contributed by atoms with Gasteiger partial charge in [0.15, 0.2) is 23.9 Å². The van der Waals surface area contributed by atoms with E-state index < -0.39 is 18.2 Å². The van der Waals surface area contributed by atoms with Gasteiger partial charge in [0, 0.05) is 29.5 Å². The van der Waals surface area contributed by atoms with Gasteiger partial charge < -0.3 is 34.3 Å². The van der Waals surface area contributed by atoms with Crippen molar-refractivity contribution in [2.24, 2.45) is 5.92 Å². The summed E-state index contributed by atoms with van der Waals surface area (Å²) in [5.74, 6) is 1.06. The second-order valence-electron chi connectivity index (χ2n) is 12.1. The monoisotopic (exact) mass is 759 g/mol. The molecule has 3 saturated heterocycles. The first-order valence-corrected chi connectivity index (χ1v) is 17.7. The molecule has 3 N–H and O–H groups in total. The van der Waals surface area contributed by atoms with Crippen molar-refractivity contribution in [3.8, 4) is 23.0 Å². The number of amides is 1. The van der Waals surface area contributed by atoms with E-state index in [2.05, 4.69) is 9.88 Å². The van der Waals surface area contributed by atoms with E-state index in [4.69, 9.17) is 46.9 Å². The lowest BCUT2D eigenvalue weighted by Gasteiger charge is -2.44. The molecule has 0 saturated carbocycles. The number of nitrogens with one attached hydrogen (secondary N) is 1. The van der Waals surface area contributed by atoms with Crippen LogP contribution in [0.4, 0.5) is 10.5 Å². The molecule has 15 heteroatoms. The highest BCUT2D eigenvalue weighted by Crippen LogP contribution is 2.38. The van der Waals surface area contributed by atoms with Gasteiger partial charge >= 0.3 is 12.1 Å². The molecule has 272 valence electrons. The molecule has 0 radical (unpaired) electrons. The summed E-state index contributed by atoms with van der Waals surface area (Å²) in [6.45, 7) is 2.72. The van der Waals surface area contributed by atoms with Crippen LogP contribution < -0.4 is 24.1 Å². The molecule has 0 aliphatic carbocycles. The fourth-order valence-electron chi connectivity index (χ4n) is 6.38. The molecule has 2 atom stereocenters. The highest BCUT2D eigenvalue weighted by Gasteiger charge is 2.38. The highest BCUT2D eigenvalue weighted by atomic mass is 35.5. The van der Waals surface area contributed by atoms with Crippen LogP contribution in [0.2, 0.25) is 10.0 Å². The zero-order chi connectivity index (χ0) is 35.4. The molecule has 12 nitrogen and oxygen atoms in total. The molecule has 2 aromatic heterocycles. The number of H-pyrrole nitrogens is 1. The number of hydrogen-bond donors (Lipinski definition) is 1. The Bertz CT molecular complexity index is 1830. The Hall–Kier alpha value is -4.27. The van der Waals surface area contributed by atoms with Gasteiger partial charge in [0.25, 0.3) is 0 Å². The van der Waals surface area contributed by atoms with Crippen LogP contribution in [0.15, 0.2) is 60.9 Å². The number of aromatic nitrogens is 1. The lowest BCUT2D eigenvalue weighted by molar-refractivity contribution is -0.377. The molecule has 2 aromatic carbocycles. The van der Waals surface area contributed by atoms with Crippen molar-refractivity contribution >= 4 is 52.3 Å². The third kappa shape index (κ3) is 8.62. The van der Waals surface area contributed by atoms with Crippen molar-refractivity contribution in [2.45, 2.75) is 38.0 Å². The van der Waals surface area contributed by atoms with Crippen LogP contribution in [0.25, 0.3) is 0 Å². The van der Waals surface area contributed by atoms with E-state index in [0.717, 1.165) is 25.9 Å². The molecule has 0 unspecified atom stereocenters. The standard InChI is InChI=1S/C36H37Cl2N3O8S.H2O/c1-45-23-5-7-29(42)28(15-23)41(36(44)49-33-20-40-12-10-21(33)11-13-40)19-24-6-9-34(50-24)35(43)48-31(16-25-26(37)17-39-18-27(25)38)22-4-8-30(46-2)32(14-22)47-3;/h4-9,14-15,17-18,21,31,33,42H,10-13,16,19-20H2,1-3H3;1H2/t31-,33-;/m0./s1. The minimum atomic E-state index is -0.799. The summed E-state index contributed by atoms with van der Waals surface area (Å²) in [6.07, 6.45) is 3.71. The minimum absolute atomic E-state index is 0. The molecule has 7 rings (SSSR count). The van der Waals surface area contributed by atoms with E-state index in [1.807, 2.05) is 0 Å². The fourth-order valence-corrected chi connectivity index (χ4v) is 7.80. The smallest absolute Gasteiger partial charge is 0.415 e. The van der Waals surface area contributed by atoms with Gasteiger partial charge in [0.05, 0.1) is 33.6 Å². The van der Waals surface area contributed by atoms with Crippen LogP contribution in [-0.4, -0.2) is 74.6 Å². The van der Waals surface area contributed by atoms with Gasteiger partial charge in [-0.25, -0.2) is 14.6 Å². The van der Waals surface area contributed by atoms with E-state index in [-0.39, 0.29) is 36.0 Å². The summed E-state index contributed by atoms with van der Waals surface area (Å²) >= 11 is 14.2. The Morgan fingerprint density at radius 2 is 1.71 bits per heavy atom. The van der Waals surface area contributed by atoms with Crippen LogP contribution in [0.1, 0.15) is 44.6 Å². The lowest BCUT2D eigenvalue weighted by Crippen LogP contribution is -2.53. The molecule has 51 heavy (non-hydrogen) atoms. The molecule has 3 aliphatic rings. The molecular formula is C36H39Cl2N3O9S. The maximum atomic E-state index is 13.8. The Morgan fingerprint density at radius 3 is 2.35 bits per heavy atom. The first kappa shape index (κ1) is 38.0. The van der Waals surface area contributed by atoms with Crippen LogP contribution in [0.3, 0.4) is 0 Å². The number of phenolic OH excluding ortho intramolecular Hbond substituents is 1. The van der Waals surface area contributed by atoms with Gasteiger partial charge in [0.2, 0.25) is 0 Å². The minimum Gasteiger partial charge on any atom is -0.870 e. The number of fused-ring (bicyclic) bond motifs is 3. The summed E-state index contributed by atoms with van der Waals surface area (Å²) in [7, 11) is 4.58. The number of anilines is 1. The van der Waals surface area contributed by atoms with Crippen molar-refractivity contribution < 1.29 is 48.8 Å². The molecular weight excluding hydrogens is 721 g/mol. The van der Waals surface area contributed by atoms with E-state index in [1.54, 1.807) is 54.9 Å². The number of rotatable bonds is 12. The molecule has 0 spiro atoms. The van der Waals surface area contributed by atoms with Crippen LogP contribution >= 0.6 is 34.5 Å². The summed E-state index contributed by atoms with van der Waals surface area (Å²) in [6, 6.07) is 13.3. The Labute approximate surface area is 309 Å². The number of benzene rings is 2.